The number of hydrogen-bond donors (Lipinski definition) is 2. The van der Waals surface area contributed by atoms with Gasteiger partial charge in [-0.1, -0.05) is 6.07 Å². The summed E-state index contributed by atoms with van der Waals surface area (Å²) < 4.78 is 53.1. The summed E-state index contributed by atoms with van der Waals surface area (Å²) in [7, 11) is 0. The highest BCUT2D eigenvalue weighted by molar-refractivity contribution is 7.15. The summed E-state index contributed by atoms with van der Waals surface area (Å²) in [5.41, 5.74) is 1.27. The van der Waals surface area contributed by atoms with Crippen LogP contribution in [0.5, 0.6) is 11.5 Å². The molecule has 1 aromatic carbocycles. The molecule has 0 aliphatic carbocycles. The molecule has 2 unspecified atom stereocenters. The van der Waals surface area contributed by atoms with Gasteiger partial charge in [0.05, 0.1) is 11.7 Å². The van der Waals surface area contributed by atoms with Crippen molar-refractivity contribution in [2.45, 2.75) is 38.5 Å². The lowest BCUT2D eigenvalue weighted by molar-refractivity contribution is -0.173. The Labute approximate surface area is 184 Å². The van der Waals surface area contributed by atoms with Crippen LogP contribution >= 0.6 is 11.3 Å². The largest absolute Gasteiger partial charge is 0.454 e. The number of benzene rings is 1. The van der Waals surface area contributed by atoms with Crippen molar-refractivity contribution in [3.05, 3.63) is 46.1 Å². The van der Waals surface area contributed by atoms with E-state index in [1.54, 1.807) is 18.2 Å². The van der Waals surface area contributed by atoms with Crippen LogP contribution in [0.1, 0.15) is 45.1 Å². The van der Waals surface area contributed by atoms with Crippen molar-refractivity contribution in [1.82, 2.24) is 14.8 Å². The molecule has 2 N–H and O–H groups in total. The van der Waals surface area contributed by atoms with Crippen LogP contribution in [0.25, 0.3) is 0 Å². The fraction of sp³-hybridized carbons (Fsp3) is 0.350. The van der Waals surface area contributed by atoms with Crippen LogP contribution in [0.4, 0.5) is 24.1 Å². The zero-order chi connectivity index (χ0) is 22.6. The van der Waals surface area contributed by atoms with Gasteiger partial charge >= 0.3 is 6.18 Å². The fourth-order valence-corrected chi connectivity index (χ4v) is 4.53. The zero-order valence-electron chi connectivity index (χ0n) is 17.0. The summed E-state index contributed by atoms with van der Waals surface area (Å²) in [6, 6.07) is 3.82. The maximum atomic E-state index is 13.9. The van der Waals surface area contributed by atoms with Crippen LogP contribution < -0.4 is 20.1 Å². The minimum Gasteiger partial charge on any atom is -0.454 e. The van der Waals surface area contributed by atoms with Gasteiger partial charge < -0.3 is 14.8 Å². The van der Waals surface area contributed by atoms with E-state index in [9.17, 15) is 18.0 Å². The number of carbonyl (C=O) groups is 1. The van der Waals surface area contributed by atoms with Gasteiger partial charge in [0.2, 0.25) is 6.79 Å². The number of amides is 1. The number of hydrogen-bond acceptors (Lipinski definition) is 7. The second kappa shape index (κ2) is 7.40. The Bertz CT molecular complexity index is 1190. The fourth-order valence-electron chi connectivity index (χ4n) is 3.72. The number of alkyl halides is 3. The summed E-state index contributed by atoms with van der Waals surface area (Å²) in [5.74, 6) is 0.524. The van der Waals surface area contributed by atoms with E-state index in [1.807, 2.05) is 13.8 Å². The molecule has 2 atom stereocenters. The molecule has 5 rings (SSSR count). The van der Waals surface area contributed by atoms with Gasteiger partial charge in [-0.2, -0.15) is 18.3 Å². The molecule has 0 spiro atoms. The van der Waals surface area contributed by atoms with Crippen molar-refractivity contribution in [2.24, 2.45) is 0 Å². The van der Waals surface area contributed by atoms with Crippen molar-refractivity contribution in [2.75, 3.05) is 17.4 Å². The number of carbonyl (C=O) groups excluding carboxylic acids is 1. The Morgan fingerprint density at radius 2 is 2.03 bits per heavy atom. The summed E-state index contributed by atoms with van der Waals surface area (Å²) in [4.78, 5) is 17.8. The molecule has 0 fully saturated rings. The molecular weight excluding hydrogens is 447 g/mol. The van der Waals surface area contributed by atoms with Crippen molar-refractivity contribution in [3.8, 4) is 11.5 Å². The van der Waals surface area contributed by atoms with E-state index in [0.717, 1.165) is 15.3 Å². The molecule has 4 heterocycles. The van der Waals surface area contributed by atoms with Gasteiger partial charge in [0, 0.05) is 17.4 Å². The predicted octanol–water partition coefficient (Wildman–Crippen LogP) is 4.60. The van der Waals surface area contributed by atoms with Crippen molar-refractivity contribution in [3.63, 3.8) is 0 Å². The molecular formula is C20H18F3N5O3S. The topological polar surface area (TPSA) is 90.3 Å². The number of rotatable bonds is 3. The first kappa shape index (κ1) is 20.6. The van der Waals surface area contributed by atoms with Crippen molar-refractivity contribution in [1.29, 1.82) is 0 Å². The number of aromatic nitrogens is 3. The third-order valence-electron chi connectivity index (χ3n) is 5.47. The summed E-state index contributed by atoms with van der Waals surface area (Å²) >= 11 is 1.29. The van der Waals surface area contributed by atoms with E-state index in [-0.39, 0.29) is 24.7 Å². The van der Waals surface area contributed by atoms with Crippen LogP contribution in [0.15, 0.2) is 24.3 Å². The summed E-state index contributed by atoms with van der Waals surface area (Å²) in [5, 5.41) is 10.0. The standard InChI is InChI=1S/C20H18F3N5O3S/c1-9-10(2)32-19(24-9)26-18(29)13-7-17-25-12(6-16(20(21,22)23)28(17)27-13)11-3-4-14-15(5-11)31-8-30-14/h3-5,7,12,16,25H,6,8H2,1-2H3,(H,24,26,29). The van der Waals surface area contributed by atoms with Gasteiger partial charge in [-0.25, -0.2) is 9.67 Å². The highest BCUT2D eigenvalue weighted by atomic mass is 32.1. The van der Waals surface area contributed by atoms with E-state index in [1.165, 1.54) is 17.4 Å². The van der Waals surface area contributed by atoms with Gasteiger partial charge in [0.15, 0.2) is 28.4 Å². The Balaban J connectivity index is 1.45. The second-order valence-electron chi connectivity index (χ2n) is 7.58. The number of thiazole rings is 1. The molecule has 32 heavy (non-hydrogen) atoms. The SMILES string of the molecule is Cc1nc(NC(=O)c2cc3n(n2)C(C(F)(F)F)CC(c2ccc4c(c2)OCO4)N3)sc1C. The first-order valence-electron chi connectivity index (χ1n) is 9.77. The summed E-state index contributed by atoms with van der Waals surface area (Å²) in [6.45, 7) is 3.75. The number of nitrogens with one attached hydrogen (secondary N) is 2. The lowest BCUT2D eigenvalue weighted by Gasteiger charge is -2.33. The normalized spacial score (nSPS) is 19.4. The smallest absolute Gasteiger partial charge is 0.410 e. The molecule has 1 amide bonds. The predicted molar refractivity (Wildman–Crippen MR) is 110 cm³/mol. The first-order chi connectivity index (χ1) is 15.2. The highest BCUT2D eigenvalue weighted by Crippen LogP contribution is 2.45. The number of nitrogens with zero attached hydrogens (tertiary/aromatic N) is 3. The molecule has 2 aromatic heterocycles. The minimum atomic E-state index is -4.55. The molecule has 12 heteroatoms. The van der Waals surface area contributed by atoms with Crippen LogP contribution in [0, 0.1) is 13.8 Å². The molecule has 0 bridgehead atoms. The quantitative estimate of drug-likeness (QED) is 0.588. The molecule has 2 aliphatic rings. The third-order valence-corrected chi connectivity index (χ3v) is 6.46. The Kier molecular flexibility index (Phi) is 4.77. The van der Waals surface area contributed by atoms with E-state index in [4.69, 9.17) is 9.47 Å². The van der Waals surface area contributed by atoms with Gasteiger partial charge in [-0.3, -0.25) is 10.1 Å². The van der Waals surface area contributed by atoms with Gasteiger partial charge in [-0.15, -0.1) is 11.3 Å². The molecule has 168 valence electrons. The van der Waals surface area contributed by atoms with Crippen LogP contribution in [0.2, 0.25) is 0 Å². The maximum Gasteiger partial charge on any atom is 0.410 e. The molecule has 0 saturated carbocycles. The maximum absolute atomic E-state index is 13.9. The van der Waals surface area contributed by atoms with E-state index >= 15 is 0 Å². The average molecular weight is 465 g/mol. The molecule has 2 aliphatic heterocycles. The Morgan fingerprint density at radius 1 is 1.25 bits per heavy atom. The molecule has 8 nitrogen and oxygen atoms in total. The number of ether oxygens (including phenoxy) is 2. The second-order valence-corrected chi connectivity index (χ2v) is 8.78. The third kappa shape index (κ3) is 3.64. The minimum absolute atomic E-state index is 0.0748. The zero-order valence-corrected chi connectivity index (χ0v) is 17.8. The number of fused-ring (bicyclic) bond motifs is 2. The van der Waals surface area contributed by atoms with E-state index < -0.39 is 24.2 Å². The van der Waals surface area contributed by atoms with Crippen LogP contribution in [0.3, 0.4) is 0 Å². The average Bonchev–Trinajstić information content (AvgIpc) is 3.44. The number of anilines is 2. The number of halogens is 3. The monoisotopic (exact) mass is 465 g/mol. The highest BCUT2D eigenvalue weighted by Gasteiger charge is 2.47. The Hall–Kier alpha value is -3.28. The van der Waals surface area contributed by atoms with Crippen molar-refractivity contribution >= 4 is 28.2 Å². The van der Waals surface area contributed by atoms with Crippen molar-refractivity contribution < 1.29 is 27.4 Å². The van der Waals surface area contributed by atoms with Crippen LogP contribution in [-0.4, -0.2) is 33.6 Å². The van der Waals surface area contributed by atoms with Gasteiger partial charge in [0.1, 0.15) is 5.82 Å². The summed E-state index contributed by atoms with van der Waals surface area (Å²) in [6.07, 6.45) is -4.83. The number of aryl methyl sites for hydroxylation is 2. The van der Waals surface area contributed by atoms with Gasteiger partial charge in [0.25, 0.3) is 5.91 Å². The molecule has 3 aromatic rings. The van der Waals surface area contributed by atoms with E-state index in [0.29, 0.717) is 22.2 Å². The van der Waals surface area contributed by atoms with Gasteiger partial charge in [-0.05, 0) is 31.5 Å². The first-order valence-corrected chi connectivity index (χ1v) is 10.6. The lowest BCUT2D eigenvalue weighted by Crippen LogP contribution is -2.35. The Morgan fingerprint density at radius 3 is 2.75 bits per heavy atom. The molecule has 0 saturated heterocycles. The molecule has 0 radical (unpaired) electrons. The van der Waals surface area contributed by atoms with Crippen LogP contribution in [-0.2, 0) is 0 Å². The van der Waals surface area contributed by atoms with E-state index in [2.05, 4.69) is 20.7 Å². The lowest BCUT2D eigenvalue weighted by atomic mass is 9.96.